The lowest BCUT2D eigenvalue weighted by Crippen LogP contribution is -2.25. The van der Waals surface area contributed by atoms with Crippen molar-refractivity contribution < 1.29 is 23.0 Å². The van der Waals surface area contributed by atoms with Crippen LogP contribution in [0.3, 0.4) is 0 Å². The molecule has 0 aliphatic heterocycles. The number of amides is 1. The Hall–Kier alpha value is -3.27. The smallest absolute Gasteiger partial charge is 0.288 e. The number of hydroxylamine groups is 1. The molecule has 0 saturated heterocycles. The van der Waals surface area contributed by atoms with E-state index in [4.69, 9.17) is 5.21 Å². The summed E-state index contributed by atoms with van der Waals surface area (Å²) in [5.74, 6) is -0.692. The first-order chi connectivity index (χ1) is 12.9. The van der Waals surface area contributed by atoms with Gasteiger partial charge in [0.25, 0.3) is 5.91 Å². The van der Waals surface area contributed by atoms with Gasteiger partial charge in [-0.1, -0.05) is 24.3 Å². The molecule has 0 aliphatic carbocycles. The molecule has 3 aromatic rings. The molecular formula is C18H15N3O5S. The first kappa shape index (κ1) is 18.5. The molecular weight excluding hydrogens is 370 g/mol. The lowest BCUT2D eigenvalue weighted by Gasteiger charge is -2.22. The molecule has 0 atom stereocenters. The molecule has 3 N–H and O–H groups in total. The van der Waals surface area contributed by atoms with Gasteiger partial charge in [0.1, 0.15) is 0 Å². The zero-order valence-corrected chi connectivity index (χ0v) is 14.7. The predicted octanol–water partition coefficient (Wildman–Crippen LogP) is 2.69. The first-order valence-corrected chi connectivity index (χ1v) is 9.12. The second-order valence-corrected chi connectivity index (χ2v) is 6.78. The van der Waals surface area contributed by atoms with Crippen molar-refractivity contribution in [2.75, 3.05) is 4.31 Å². The van der Waals surface area contributed by atoms with Crippen LogP contribution in [0.25, 0.3) is 16.8 Å². The third-order valence-electron chi connectivity index (χ3n) is 3.77. The number of hydrogen-bond donors (Lipinski definition) is 3. The average Bonchev–Trinajstić information content (AvgIpc) is 2.66. The molecule has 2 aromatic carbocycles. The van der Waals surface area contributed by atoms with Crippen LogP contribution in [0.5, 0.6) is 0 Å². The zero-order valence-electron chi connectivity index (χ0n) is 13.9. The molecule has 0 bridgehead atoms. The summed E-state index contributed by atoms with van der Waals surface area (Å²) in [6.45, 7) is 0. The molecule has 1 amide bonds. The van der Waals surface area contributed by atoms with E-state index in [0.717, 1.165) is 15.8 Å². The van der Waals surface area contributed by atoms with E-state index >= 15 is 0 Å². The van der Waals surface area contributed by atoms with Crippen molar-refractivity contribution in [1.82, 2.24) is 10.5 Å². The van der Waals surface area contributed by atoms with Crippen molar-refractivity contribution in [2.24, 2.45) is 0 Å². The number of carbonyl (C=O) groups is 1. The fourth-order valence-corrected chi connectivity index (χ4v) is 3.41. The standard InChI is InChI=1S/C18H15N3O5S/c22-18(20-23)9-6-13-4-7-15(8-5-13)21(27(24,25)26)17-3-1-2-14-12-19-11-10-16(14)17/h1-12,23H,(H,20,22)(H,24,25,26)/b9-6+. The van der Waals surface area contributed by atoms with E-state index < -0.39 is 16.2 Å². The van der Waals surface area contributed by atoms with Crippen molar-refractivity contribution in [3.8, 4) is 0 Å². The molecule has 0 radical (unpaired) electrons. The highest BCUT2D eigenvalue weighted by Crippen LogP contribution is 2.34. The third-order valence-corrected chi connectivity index (χ3v) is 4.64. The minimum atomic E-state index is -4.61. The molecule has 1 heterocycles. The van der Waals surface area contributed by atoms with Crippen molar-refractivity contribution in [3.63, 3.8) is 0 Å². The predicted molar refractivity (Wildman–Crippen MR) is 101 cm³/mol. The fourth-order valence-electron chi connectivity index (χ4n) is 2.61. The second kappa shape index (κ2) is 7.54. The molecule has 1 aromatic heterocycles. The number of nitrogens with one attached hydrogen (secondary N) is 1. The van der Waals surface area contributed by atoms with Gasteiger partial charge >= 0.3 is 10.3 Å². The van der Waals surface area contributed by atoms with E-state index in [1.165, 1.54) is 29.9 Å². The van der Waals surface area contributed by atoms with Gasteiger partial charge in [0.2, 0.25) is 0 Å². The van der Waals surface area contributed by atoms with Gasteiger partial charge in [-0.3, -0.25) is 19.5 Å². The highest BCUT2D eigenvalue weighted by atomic mass is 32.2. The highest BCUT2D eigenvalue weighted by Gasteiger charge is 2.23. The van der Waals surface area contributed by atoms with Crippen LogP contribution in [0.1, 0.15) is 5.56 Å². The van der Waals surface area contributed by atoms with E-state index in [1.807, 2.05) is 0 Å². The molecule has 8 nitrogen and oxygen atoms in total. The van der Waals surface area contributed by atoms with Crippen LogP contribution in [0.2, 0.25) is 0 Å². The Balaban J connectivity index is 2.07. The Morgan fingerprint density at radius 3 is 2.52 bits per heavy atom. The number of aromatic nitrogens is 1. The van der Waals surface area contributed by atoms with Crippen molar-refractivity contribution in [3.05, 3.63) is 72.6 Å². The van der Waals surface area contributed by atoms with Crippen LogP contribution >= 0.6 is 0 Å². The van der Waals surface area contributed by atoms with Crippen LogP contribution in [-0.4, -0.2) is 29.1 Å². The molecule has 9 heteroatoms. The van der Waals surface area contributed by atoms with Crippen molar-refractivity contribution >= 4 is 44.4 Å². The van der Waals surface area contributed by atoms with E-state index in [1.54, 1.807) is 42.6 Å². The monoisotopic (exact) mass is 385 g/mol. The summed E-state index contributed by atoms with van der Waals surface area (Å²) in [7, 11) is -4.61. The Labute approximate surface area is 155 Å². The molecule has 138 valence electrons. The Kier molecular flexibility index (Phi) is 5.17. The lowest BCUT2D eigenvalue weighted by atomic mass is 10.1. The van der Waals surface area contributed by atoms with Gasteiger partial charge in [-0.05, 0) is 35.9 Å². The van der Waals surface area contributed by atoms with Gasteiger partial charge in [0, 0.05) is 29.2 Å². The van der Waals surface area contributed by atoms with Crippen LogP contribution in [0.4, 0.5) is 11.4 Å². The number of carbonyl (C=O) groups excluding carboxylic acids is 1. The number of fused-ring (bicyclic) bond motifs is 1. The minimum Gasteiger partial charge on any atom is -0.288 e. The van der Waals surface area contributed by atoms with Gasteiger partial charge in [0.15, 0.2) is 0 Å². The van der Waals surface area contributed by atoms with Crippen LogP contribution in [-0.2, 0) is 15.1 Å². The summed E-state index contributed by atoms with van der Waals surface area (Å²) in [6, 6.07) is 12.8. The fraction of sp³-hybridized carbons (Fsp3) is 0. The molecule has 27 heavy (non-hydrogen) atoms. The Morgan fingerprint density at radius 2 is 1.85 bits per heavy atom. The first-order valence-electron chi connectivity index (χ1n) is 7.73. The van der Waals surface area contributed by atoms with Gasteiger partial charge in [-0.25, -0.2) is 9.79 Å². The van der Waals surface area contributed by atoms with E-state index in [-0.39, 0.29) is 11.4 Å². The number of anilines is 2. The maximum Gasteiger partial charge on any atom is 0.364 e. The summed E-state index contributed by atoms with van der Waals surface area (Å²) >= 11 is 0. The number of benzene rings is 2. The summed E-state index contributed by atoms with van der Waals surface area (Å²) in [5, 5.41) is 9.80. The number of rotatable bonds is 5. The Morgan fingerprint density at radius 1 is 1.11 bits per heavy atom. The number of pyridine rings is 1. The molecule has 0 spiro atoms. The van der Waals surface area contributed by atoms with Gasteiger partial charge in [0.05, 0.1) is 11.4 Å². The van der Waals surface area contributed by atoms with E-state index in [9.17, 15) is 17.8 Å². The van der Waals surface area contributed by atoms with Gasteiger partial charge in [-0.15, -0.1) is 0 Å². The van der Waals surface area contributed by atoms with E-state index in [2.05, 4.69) is 4.98 Å². The molecule has 0 aliphatic rings. The molecule has 0 saturated carbocycles. The zero-order chi connectivity index (χ0) is 19.4. The van der Waals surface area contributed by atoms with Crippen molar-refractivity contribution in [1.29, 1.82) is 0 Å². The van der Waals surface area contributed by atoms with Gasteiger partial charge < -0.3 is 0 Å². The quantitative estimate of drug-likeness (QED) is 0.269. The van der Waals surface area contributed by atoms with Crippen molar-refractivity contribution in [2.45, 2.75) is 0 Å². The van der Waals surface area contributed by atoms with Gasteiger partial charge in [-0.2, -0.15) is 8.42 Å². The summed E-state index contributed by atoms with van der Waals surface area (Å²) in [6.07, 6.45) is 5.69. The SMILES string of the molecule is O=C(/C=C/c1ccc(N(c2cccc3cnccc23)S(=O)(=O)O)cc1)NO. The maximum absolute atomic E-state index is 12.1. The van der Waals surface area contributed by atoms with Crippen LogP contribution in [0, 0.1) is 0 Å². The Bertz CT molecular complexity index is 1110. The molecule has 0 fully saturated rings. The summed E-state index contributed by atoms with van der Waals surface area (Å²) in [4.78, 5) is 15.0. The largest absolute Gasteiger partial charge is 0.364 e. The normalized spacial score (nSPS) is 11.6. The topological polar surface area (TPSA) is 120 Å². The third kappa shape index (κ3) is 4.11. The molecule has 3 rings (SSSR count). The summed E-state index contributed by atoms with van der Waals surface area (Å²) in [5.41, 5.74) is 2.56. The minimum absolute atomic E-state index is 0.213. The second-order valence-electron chi connectivity index (χ2n) is 5.52. The maximum atomic E-state index is 12.1. The summed E-state index contributed by atoms with van der Waals surface area (Å²) < 4.78 is 34.8. The van der Waals surface area contributed by atoms with Crippen LogP contribution in [0.15, 0.2) is 67.0 Å². The number of hydrogen-bond acceptors (Lipinski definition) is 5. The molecule has 0 unspecified atom stereocenters. The van der Waals surface area contributed by atoms with E-state index in [0.29, 0.717) is 10.9 Å². The van der Waals surface area contributed by atoms with Crippen LogP contribution < -0.4 is 9.79 Å². The highest BCUT2D eigenvalue weighted by molar-refractivity contribution is 7.87. The average molecular weight is 385 g/mol. The lowest BCUT2D eigenvalue weighted by molar-refractivity contribution is -0.124. The number of nitrogens with zero attached hydrogens (tertiary/aromatic N) is 2.